The van der Waals surface area contributed by atoms with E-state index in [-0.39, 0.29) is 17.8 Å². The van der Waals surface area contributed by atoms with Crippen molar-refractivity contribution in [3.8, 4) is 17.2 Å². The first-order chi connectivity index (χ1) is 18.4. The fraction of sp³-hybridized carbons (Fsp3) is 0.241. The molecule has 1 saturated heterocycles. The van der Waals surface area contributed by atoms with Gasteiger partial charge in [0.2, 0.25) is 0 Å². The fourth-order valence-electron chi connectivity index (χ4n) is 5.05. The van der Waals surface area contributed by atoms with E-state index in [2.05, 4.69) is 32.8 Å². The average molecular weight is 549 g/mol. The summed E-state index contributed by atoms with van der Waals surface area (Å²) in [4.78, 5) is 6.73. The molecule has 0 saturated carbocycles. The molecule has 0 bridgehead atoms. The number of methoxy groups -OCH3 is 1. The predicted molar refractivity (Wildman–Crippen MR) is 154 cm³/mol. The standard InChI is InChI=1S/C29H29ClN4O3S/c1-18-16-21(19(2)33(18)24-9-4-5-10-25(24)35)28-27(23-8-6-7-13-31-23)32-29(38)34(28)20-11-12-26(22(30)17-20)37-15-14-36-3/h4-13,16-17,27-28,35H,14-15H2,1-3H3,(H,32,38)/t27-,28-/m0/s1. The van der Waals surface area contributed by atoms with Crippen LogP contribution in [0, 0.1) is 13.8 Å². The summed E-state index contributed by atoms with van der Waals surface area (Å²) in [6.07, 6.45) is 1.79. The Morgan fingerprint density at radius 3 is 2.55 bits per heavy atom. The Labute approximate surface area is 232 Å². The molecule has 3 heterocycles. The lowest BCUT2D eigenvalue weighted by Gasteiger charge is -2.28. The fourth-order valence-corrected chi connectivity index (χ4v) is 5.63. The minimum atomic E-state index is -0.223. The number of aromatic nitrogens is 2. The Morgan fingerprint density at radius 2 is 1.84 bits per heavy atom. The zero-order valence-corrected chi connectivity index (χ0v) is 23.0. The molecule has 2 N–H and O–H groups in total. The van der Waals surface area contributed by atoms with Gasteiger partial charge in [-0.2, -0.15) is 0 Å². The number of benzene rings is 2. The summed E-state index contributed by atoms with van der Waals surface area (Å²) in [7, 11) is 1.63. The average Bonchev–Trinajstić information content (AvgIpc) is 3.41. The second kappa shape index (κ2) is 11.0. The van der Waals surface area contributed by atoms with Crippen LogP contribution < -0.4 is 15.0 Å². The van der Waals surface area contributed by atoms with Gasteiger partial charge in [-0.1, -0.05) is 29.8 Å². The Morgan fingerprint density at radius 1 is 1.05 bits per heavy atom. The minimum absolute atomic E-state index is 0.210. The van der Waals surface area contributed by atoms with Gasteiger partial charge in [0.15, 0.2) is 5.11 Å². The summed E-state index contributed by atoms with van der Waals surface area (Å²) in [5.74, 6) is 0.802. The summed E-state index contributed by atoms with van der Waals surface area (Å²) >= 11 is 12.5. The molecule has 5 rings (SSSR count). The zero-order valence-electron chi connectivity index (χ0n) is 21.4. The molecular formula is C29H29ClN4O3S. The topological polar surface area (TPSA) is 71.8 Å². The number of nitrogens with zero attached hydrogens (tertiary/aromatic N) is 3. The number of anilines is 1. The number of rotatable bonds is 8. The summed E-state index contributed by atoms with van der Waals surface area (Å²) in [5.41, 5.74) is 5.49. The number of para-hydroxylation sites is 2. The molecule has 0 amide bonds. The molecule has 0 unspecified atom stereocenters. The van der Waals surface area contributed by atoms with Crippen LogP contribution in [-0.2, 0) is 4.74 Å². The second-order valence-electron chi connectivity index (χ2n) is 9.10. The van der Waals surface area contributed by atoms with E-state index in [9.17, 15) is 5.11 Å². The van der Waals surface area contributed by atoms with Crippen LogP contribution in [0.25, 0.3) is 5.69 Å². The van der Waals surface area contributed by atoms with E-state index in [1.807, 2.05) is 61.5 Å². The van der Waals surface area contributed by atoms with Crippen LogP contribution in [0.2, 0.25) is 5.02 Å². The van der Waals surface area contributed by atoms with Gasteiger partial charge in [0, 0.05) is 30.4 Å². The second-order valence-corrected chi connectivity index (χ2v) is 9.90. The van der Waals surface area contributed by atoms with Gasteiger partial charge in [0.25, 0.3) is 0 Å². The highest BCUT2D eigenvalue weighted by Gasteiger charge is 2.42. The Balaban J connectivity index is 1.61. The highest BCUT2D eigenvalue weighted by molar-refractivity contribution is 7.80. The van der Waals surface area contributed by atoms with E-state index in [0.29, 0.717) is 29.1 Å². The lowest BCUT2D eigenvalue weighted by Crippen LogP contribution is -2.29. The molecule has 2 atom stereocenters. The Bertz CT molecular complexity index is 1460. The monoisotopic (exact) mass is 548 g/mol. The van der Waals surface area contributed by atoms with Crippen molar-refractivity contribution in [1.82, 2.24) is 14.9 Å². The Hall–Kier alpha value is -3.59. The van der Waals surface area contributed by atoms with Crippen LogP contribution in [0.4, 0.5) is 5.69 Å². The van der Waals surface area contributed by atoms with Crippen molar-refractivity contribution < 1.29 is 14.6 Å². The molecule has 4 aromatic rings. The largest absolute Gasteiger partial charge is 0.506 e. The highest BCUT2D eigenvalue weighted by atomic mass is 35.5. The molecule has 196 valence electrons. The molecule has 0 radical (unpaired) electrons. The smallest absolute Gasteiger partial charge is 0.174 e. The van der Waals surface area contributed by atoms with Crippen LogP contribution in [0.15, 0.2) is 72.9 Å². The van der Waals surface area contributed by atoms with Crippen LogP contribution in [-0.4, -0.2) is 40.1 Å². The van der Waals surface area contributed by atoms with Gasteiger partial charge in [-0.3, -0.25) is 4.98 Å². The molecule has 0 spiro atoms. The molecule has 2 aromatic carbocycles. The molecule has 1 aliphatic heterocycles. The third-order valence-electron chi connectivity index (χ3n) is 6.75. The van der Waals surface area contributed by atoms with Gasteiger partial charge in [0.05, 0.1) is 35.1 Å². The van der Waals surface area contributed by atoms with E-state index in [0.717, 1.165) is 34.0 Å². The van der Waals surface area contributed by atoms with Crippen molar-refractivity contribution in [3.63, 3.8) is 0 Å². The first-order valence-corrected chi connectivity index (χ1v) is 13.1. The number of phenols is 1. The van der Waals surface area contributed by atoms with Gasteiger partial charge in [-0.25, -0.2) is 0 Å². The van der Waals surface area contributed by atoms with Crippen molar-refractivity contribution >= 4 is 34.6 Å². The molecule has 9 heteroatoms. The third kappa shape index (κ3) is 4.82. The number of aryl methyl sites for hydroxylation is 1. The quantitative estimate of drug-likeness (QED) is 0.205. The summed E-state index contributed by atoms with van der Waals surface area (Å²) in [5, 5.41) is 15.2. The van der Waals surface area contributed by atoms with Crippen LogP contribution in [0.3, 0.4) is 0 Å². The van der Waals surface area contributed by atoms with Crippen LogP contribution >= 0.6 is 23.8 Å². The third-order valence-corrected chi connectivity index (χ3v) is 7.36. The van der Waals surface area contributed by atoms with Gasteiger partial charge in [0.1, 0.15) is 18.1 Å². The maximum atomic E-state index is 10.6. The number of thiocarbonyl (C=S) groups is 1. The number of pyridine rings is 1. The highest BCUT2D eigenvalue weighted by Crippen LogP contribution is 2.45. The number of ether oxygens (including phenoxy) is 2. The zero-order chi connectivity index (χ0) is 26.8. The number of halogens is 1. The molecule has 2 aromatic heterocycles. The van der Waals surface area contributed by atoms with Crippen LogP contribution in [0.1, 0.15) is 34.7 Å². The van der Waals surface area contributed by atoms with Crippen molar-refractivity contribution in [2.45, 2.75) is 25.9 Å². The molecule has 38 heavy (non-hydrogen) atoms. The molecule has 1 aliphatic rings. The number of phenolic OH excluding ortho intramolecular Hbond substituents is 1. The number of aromatic hydroxyl groups is 1. The molecule has 7 nitrogen and oxygen atoms in total. The number of hydrogen-bond acceptors (Lipinski definition) is 5. The SMILES string of the molecule is COCCOc1ccc(N2C(=S)N[C@@H](c3ccccn3)[C@@H]2c2cc(C)n(-c3ccccc3O)c2C)cc1Cl. The molecule has 0 aliphatic carbocycles. The summed E-state index contributed by atoms with van der Waals surface area (Å²) in [6, 6.07) is 20.6. The predicted octanol–water partition coefficient (Wildman–Crippen LogP) is 6.05. The maximum absolute atomic E-state index is 10.6. The van der Waals surface area contributed by atoms with E-state index >= 15 is 0 Å². The minimum Gasteiger partial charge on any atom is -0.506 e. The first-order valence-electron chi connectivity index (χ1n) is 12.3. The van der Waals surface area contributed by atoms with Gasteiger partial charge in [-0.15, -0.1) is 0 Å². The van der Waals surface area contributed by atoms with Gasteiger partial charge >= 0.3 is 0 Å². The number of hydrogen-bond donors (Lipinski definition) is 2. The van der Waals surface area contributed by atoms with E-state index in [1.54, 1.807) is 19.4 Å². The lowest BCUT2D eigenvalue weighted by atomic mass is 9.96. The van der Waals surface area contributed by atoms with Crippen molar-refractivity contribution in [3.05, 3.63) is 101 Å². The van der Waals surface area contributed by atoms with Gasteiger partial charge < -0.3 is 29.4 Å². The maximum Gasteiger partial charge on any atom is 0.174 e. The van der Waals surface area contributed by atoms with E-state index in [4.69, 9.17) is 33.3 Å². The molecular weight excluding hydrogens is 520 g/mol. The van der Waals surface area contributed by atoms with Crippen molar-refractivity contribution in [2.24, 2.45) is 0 Å². The lowest BCUT2D eigenvalue weighted by molar-refractivity contribution is 0.146. The van der Waals surface area contributed by atoms with Gasteiger partial charge in [-0.05, 0) is 80.2 Å². The van der Waals surface area contributed by atoms with Crippen molar-refractivity contribution in [1.29, 1.82) is 0 Å². The Kier molecular flexibility index (Phi) is 7.56. The molecule has 1 fully saturated rings. The van der Waals surface area contributed by atoms with Crippen LogP contribution in [0.5, 0.6) is 11.5 Å². The summed E-state index contributed by atoms with van der Waals surface area (Å²) < 4.78 is 12.9. The van der Waals surface area contributed by atoms with E-state index < -0.39 is 0 Å². The normalized spacial score (nSPS) is 17.1. The summed E-state index contributed by atoms with van der Waals surface area (Å²) in [6.45, 7) is 4.97. The first kappa shape index (κ1) is 26.0. The van der Waals surface area contributed by atoms with Crippen molar-refractivity contribution in [2.75, 3.05) is 25.2 Å². The van der Waals surface area contributed by atoms with E-state index in [1.165, 1.54) is 0 Å². The number of nitrogens with one attached hydrogen (secondary N) is 1.